The quantitative estimate of drug-likeness (QED) is 0.843. The second kappa shape index (κ2) is 6.73. The molecule has 2 N–H and O–H groups in total. The first-order valence-corrected chi connectivity index (χ1v) is 7.68. The second-order valence-corrected chi connectivity index (χ2v) is 6.48. The highest BCUT2D eigenvalue weighted by atomic mass is 79.9. The van der Waals surface area contributed by atoms with E-state index in [1.54, 1.807) is 0 Å². The van der Waals surface area contributed by atoms with E-state index in [0.717, 1.165) is 35.4 Å². The van der Waals surface area contributed by atoms with Crippen LogP contribution in [0.3, 0.4) is 0 Å². The number of hydrogen-bond donors (Lipinski definition) is 2. The van der Waals surface area contributed by atoms with Gasteiger partial charge in [-0.25, -0.2) is 0 Å². The van der Waals surface area contributed by atoms with Crippen LogP contribution >= 0.6 is 15.9 Å². The third-order valence-electron chi connectivity index (χ3n) is 3.21. The maximum absolute atomic E-state index is 10.1. The highest BCUT2D eigenvalue weighted by molar-refractivity contribution is 9.10. The molecular formula is C15H22BrNO2. The van der Waals surface area contributed by atoms with Gasteiger partial charge in [-0.1, -0.05) is 29.8 Å². The molecule has 0 aliphatic carbocycles. The second-order valence-electron chi connectivity index (χ2n) is 5.56. The molecule has 2 rings (SSSR count). The summed E-state index contributed by atoms with van der Waals surface area (Å²) in [5, 5.41) is 13.4. The normalized spacial score (nSPS) is 15.4. The van der Waals surface area contributed by atoms with E-state index in [-0.39, 0.29) is 6.10 Å². The predicted octanol–water partition coefficient (Wildman–Crippen LogP) is 2.53. The maximum Gasteiger partial charge on any atom is 0.125 e. The van der Waals surface area contributed by atoms with Crippen molar-refractivity contribution in [1.29, 1.82) is 0 Å². The zero-order valence-corrected chi connectivity index (χ0v) is 13.2. The van der Waals surface area contributed by atoms with E-state index in [9.17, 15) is 5.11 Å². The molecule has 106 valence electrons. The van der Waals surface area contributed by atoms with E-state index >= 15 is 0 Å². The van der Waals surface area contributed by atoms with Crippen molar-refractivity contribution in [2.75, 3.05) is 19.7 Å². The molecule has 1 aliphatic heterocycles. The Morgan fingerprint density at radius 2 is 2.16 bits per heavy atom. The first-order valence-electron chi connectivity index (χ1n) is 6.89. The fourth-order valence-corrected chi connectivity index (χ4v) is 2.91. The van der Waals surface area contributed by atoms with Crippen molar-refractivity contribution in [3.8, 4) is 5.75 Å². The van der Waals surface area contributed by atoms with Gasteiger partial charge in [-0.05, 0) is 35.7 Å². The minimum absolute atomic E-state index is 0.374. The van der Waals surface area contributed by atoms with E-state index < -0.39 is 0 Å². The molecule has 0 radical (unpaired) electrons. The SMILES string of the molecule is CC(C)CNCC(O)Cc1cc(Br)cc2c1OCC2. The fraction of sp³-hybridized carbons (Fsp3) is 0.600. The maximum atomic E-state index is 10.1. The molecule has 0 aromatic heterocycles. The van der Waals surface area contributed by atoms with Crippen molar-refractivity contribution >= 4 is 15.9 Å². The number of fused-ring (bicyclic) bond motifs is 1. The van der Waals surface area contributed by atoms with Gasteiger partial charge in [-0.3, -0.25) is 0 Å². The van der Waals surface area contributed by atoms with Crippen molar-refractivity contribution in [3.63, 3.8) is 0 Å². The van der Waals surface area contributed by atoms with Crippen LogP contribution in [0.2, 0.25) is 0 Å². The summed E-state index contributed by atoms with van der Waals surface area (Å²) >= 11 is 3.52. The Morgan fingerprint density at radius 3 is 2.89 bits per heavy atom. The van der Waals surface area contributed by atoms with E-state index in [0.29, 0.717) is 18.9 Å². The molecule has 1 aliphatic rings. The van der Waals surface area contributed by atoms with Crippen molar-refractivity contribution in [2.24, 2.45) is 5.92 Å². The zero-order chi connectivity index (χ0) is 13.8. The largest absolute Gasteiger partial charge is 0.493 e. The van der Waals surface area contributed by atoms with Gasteiger partial charge < -0.3 is 15.2 Å². The Hall–Kier alpha value is -0.580. The summed E-state index contributed by atoms with van der Waals surface area (Å²) in [4.78, 5) is 0. The summed E-state index contributed by atoms with van der Waals surface area (Å²) in [6.45, 7) is 6.63. The number of hydrogen-bond acceptors (Lipinski definition) is 3. The molecule has 0 amide bonds. The summed E-state index contributed by atoms with van der Waals surface area (Å²) in [5.74, 6) is 1.58. The number of ether oxygens (including phenoxy) is 1. The first-order chi connectivity index (χ1) is 9.06. The molecule has 4 heteroatoms. The molecule has 0 saturated carbocycles. The van der Waals surface area contributed by atoms with Gasteiger partial charge in [-0.15, -0.1) is 0 Å². The van der Waals surface area contributed by atoms with Gasteiger partial charge in [0, 0.05) is 23.9 Å². The van der Waals surface area contributed by atoms with Crippen LogP contribution in [-0.2, 0) is 12.8 Å². The van der Waals surface area contributed by atoms with Crippen molar-refractivity contribution < 1.29 is 9.84 Å². The van der Waals surface area contributed by atoms with Gasteiger partial charge in [0.15, 0.2) is 0 Å². The summed E-state index contributed by atoms with van der Waals surface area (Å²) in [7, 11) is 0. The van der Waals surface area contributed by atoms with Crippen molar-refractivity contribution in [3.05, 3.63) is 27.7 Å². The summed E-state index contributed by atoms with van der Waals surface area (Å²) in [5.41, 5.74) is 2.34. The van der Waals surface area contributed by atoms with Gasteiger partial charge >= 0.3 is 0 Å². The molecule has 0 saturated heterocycles. The number of nitrogens with one attached hydrogen (secondary N) is 1. The lowest BCUT2D eigenvalue weighted by atomic mass is 10.0. The lowest BCUT2D eigenvalue weighted by molar-refractivity contribution is 0.169. The van der Waals surface area contributed by atoms with Crippen LogP contribution in [0.4, 0.5) is 0 Å². The van der Waals surface area contributed by atoms with Crippen molar-refractivity contribution in [1.82, 2.24) is 5.32 Å². The van der Waals surface area contributed by atoms with Gasteiger partial charge in [0.25, 0.3) is 0 Å². The fourth-order valence-electron chi connectivity index (χ4n) is 2.36. The lowest BCUT2D eigenvalue weighted by Gasteiger charge is -2.15. The van der Waals surface area contributed by atoms with Gasteiger partial charge in [0.2, 0.25) is 0 Å². The van der Waals surface area contributed by atoms with Crippen LogP contribution in [0.15, 0.2) is 16.6 Å². The molecule has 1 heterocycles. The van der Waals surface area contributed by atoms with E-state index in [4.69, 9.17) is 4.74 Å². The molecule has 19 heavy (non-hydrogen) atoms. The van der Waals surface area contributed by atoms with Crippen LogP contribution in [0, 0.1) is 5.92 Å². The Bertz CT molecular complexity index is 434. The van der Waals surface area contributed by atoms with Crippen molar-refractivity contribution in [2.45, 2.75) is 32.8 Å². The average Bonchev–Trinajstić information content (AvgIpc) is 2.76. The van der Waals surface area contributed by atoms with E-state index in [1.807, 2.05) is 0 Å². The Kier molecular flexibility index (Phi) is 5.25. The molecule has 3 nitrogen and oxygen atoms in total. The molecule has 0 fully saturated rings. The summed E-state index contributed by atoms with van der Waals surface area (Å²) < 4.78 is 6.74. The molecule has 1 unspecified atom stereocenters. The number of aliphatic hydroxyl groups excluding tert-OH is 1. The van der Waals surface area contributed by atoms with Crippen LogP contribution in [0.5, 0.6) is 5.75 Å². The Labute approximate surface area is 123 Å². The van der Waals surface area contributed by atoms with E-state index in [2.05, 4.69) is 47.2 Å². The number of aliphatic hydroxyl groups is 1. The van der Waals surface area contributed by atoms with Gasteiger partial charge in [0.1, 0.15) is 5.75 Å². The van der Waals surface area contributed by atoms with Gasteiger partial charge in [0.05, 0.1) is 12.7 Å². The first kappa shape index (κ1) is 14.8. The predicted molar refractivity (Wildman–Crippen MR) is 80.8 cm³/mol. The van der Waals surface area contributed by atoms with Crippen LogP contribution in [-0.4, -0.2) is 30.9 Å². The summed E-state index contributed by atoms with van der Waals surface area (Å²) in [6.07, 6.45) is 1.22. The van der Waals surface area contributed by atoms with Crippen LogP contribution in [0.1, 0.15) is 25.0 Å². The third-order valence-corrected chi connectivity index (χ3v) is 3.67. The Balaban J connectivity index is 1.95. The smallest absolute Gasteiger partial charge is 0.125 e. The topological polar surface area (TPSA) is 41.5 Å². The molecular weight excluding hydrogens is 306 g/mol. The minimum Gasteiger partial charge on any atom is -0.493 e. The summed E-state index contributed by atoms with van der Waals surface area (Å²) in [6, 6.07) is 4.16. The number of benzene rings is 1. The monoisotopic (exact) mass is 327 g/mol. The zero-order valence-electron chi connectivity index (χ0n) is 11.6. The lowest BCUT2D eigenvalue weighted by Crippen LogP contribution is -2.31. The molecule has 1 aromatic carbocycles. The third kappa shape index (κ3) is 4.20. The van der Waals surface area contributed by atoms with E-state index in [1.165, 1.54) is 5.56 Å². The molecule has 0 spiro atoms. The molecule has 1 aromatic rings. The standard InChI is InChI=1S/C15H22BrNO2/c1-10(2)8-17-9-14(18)7-12-6-13(16)5-11-3-4-19-15(11)12/h5-6,10,14,17-18H,3-4,7-9H2,1-2H3. The Morgan fingerprint density at radius 1 is 1.37 bits per heavy atom. The van der Waals surface area contributed by atoms with Crippen LogP contribution < -0.4 is 10.1 Å². The highest BCUT2D eigenvalue weighted by Gasteiger charge is 2.19. The van der Waals surface area contributed by atoms with Gasteiger partial charge in [-0.2, -0.15) is 0 Å². The molecule has 1 atom stereocenters. The molecule has 0 bridgehead atoms. The number of halogens is 1. The van der Waals surface area contributed by atoms with Crippen LogP contribution in [0.25, 0.3) is 0 Å². The number of rotatable bonds is 6. The highest BCUT2D eigenvalue weighted by Crippen LogP contribution is 2.33. The average molecular weight is 328 g/mol. The minimum atomic E-state index is -0.374.